The van der Waals surface area contributed by atoms with Gasteiger partial charge in [-0.05, 0) is 19.1 Å². The zero-order valence-electron chi connectivity index (χ0n) is 14.6. The molecule has 3 heterocycles. The van der Waals surface area contributed by atoms with Gasteiger partial charge in [-0.2, -0.15) is 0 Å². The lowest BCUT2D eigenvalue weighted by Crippen LogP contribution is -2.35. The Morgan fingerprint density at radius 3 is 2.50 bits per heavy atom. The molecule has 0 aromatic rings. The number of likely N-dealkylation sites (tertiary alicyclic amines) is 1. The summed E-state index contributed by atoms with van der Waals surface area (Å²) < 4.78 is 11.6. The van der Waals surface area contributed by atoms with Crippen molar-refractivity contribution in [2.24, 2.45) is 11.8 Å². The lowest BCUT2D eigenvalue weighted by atomic mass is 9.85. The Bertz CT molecular complexity index is 622. The molecule has 2 amide bonds. The van der Waals surface area contributed by atoms with Crippen molar-refractivity contribution >= 4 is 57.1 Å². The smallest absolute Gasteiger partial charge is 0.319 e. The molecule has 9 heteroatoms. The van der Waals surface area contributed by atoms with Gasteiger partial charge >= 0.3 is 5.97 Å². The standard InChI is InChI=1S/C17H21NO5S3/c1-3-25-17(24)26-9(2)16(21)22-8-4-7-18-14(19)12-10-5-6-11(23-10)13(12)15(18)20/h5-6,9-13H,3-4,7-8H2,1-2H3/t9?,10-,11?,12-,13+/m1/s1. The molecule has 0 saturated carbocycles. The predicted octanol–water partition coefficient (Wildman–Crippen LogP) is 2.02. The summed E-state index contributed by atoms with van der Waals surface area (Å²) in [5, 5.41) is -0.366. The molecular formula is C17H21NO5S3. The van der Waals surface area contributed by atoms with E-state index in [2.05, 4.69) is 0 Å². The summed E-state index contributed by atoms with van der Waals surface area (Å²) >= 11 is 8.01. The minimum absolute atomic E-state index is 0.172. The number of hydrogen-bond acceptors (Lipinski definition) is 8. The fourth-order valence-electron chi connectivity index (χ4n) is 3.44. The molecule has 2 unspecified atom stereocenters. The second-order valence-electron chi connectivity index (χ2n) is 6.29. The Labute approximate surface area is 166 Å². The molecule has 0 spiro atoms. The average Bonchev–Trinajstić information content (AvgIpc) is 3.27. The number of esters is 1. The quantitative estimate of drug-likeness (QED) is 0.206. The second kappa shape index (κ2) is 8.41. The van der Waals surface area contributed by atoms with Crippen molar-refractivity contribution in [3.8, 4) is 0 Å². The van der Waals surface area contributed by atoms with Crippen molar-refractivity contribution in [1.29, 1.82) is 0 Å². The van der Waals surface area contributed by atoms with Gasteiger partial charge in [0.2, 0.25) is 11.8 Å². The van der Waals surface area contributed by atoms with E-state index >= 15 is 0 Å². The molecule has 6 nitrogen and oxygen atoms in total. The lowest BCUT2D eigenvalue weighted by Gasteiger charge is -2.17. The first kappa shape index (κ1) is 19.9. The molecule has 2 bridgehead atoms. The van der Waals surface area contributed by atoms with E-state index in [1.54, 1.807) is 6.92 Å². The summed E-state index contributed by atoms with van der Waals surface area (Å²) in [7, 11) is 0. The zero-order chi connectivity index (χ0) is 18.8. The van der Waals surface area contributed by atoms with Crippen LogP contribution in [0.4, 0.5) is 0 Å². The van der Waals surface area contributed by atoms with Gasteiger partial charge in [-0.25, -0.2) is 0 Å². The monoisotopic (exact) mass is 415 g/mol. The molecule has 26 heavy (non-hydrogen) atoms. The van der Waals surface area contributed by atoms with Crippen LogP contribution in [0.3, 0.4) is 0 Å². The number of fused-ring (bicyclic) bond motifs is 5. The summed E-state index contributed by atoms with van der Waals surface area (Å²) in [6.45, 7) is 4.20. The highest BCUT2D eigenvalue weighted by Crippen LogP contribution is 2.45. The first-order chi connectivity index (χ1) is 12.4. The van der Waals surface area contributed by atoms with Gasteiger partial charge in [0.25, 0.3) is 0 Å². The number of thiocarbonyl (C=S) groups is 1. The van der Waals surface area contributed by atoms with Gasteiger partial charge in [-0.3, -0.25) is 19.3 Å². The van der Waals surface area contributed by atoms with Gasteiger partial charge < -0.3 is 9.47 Å². The number of carbonyl (C=O) groups excluding carboxylic acids is 3. The van der Waals surface area contributed by atoms with Crippen LogP contribution in [0.1, 0.15) is 20.3 Å². The Morgan fingerprint density at radius 1 is 1.31 bits per heavy atom. The average molecular weight is 416 g/mol. The number of rotatable bonds is 7. The summed E-state index contributed by atoms with van der Waals surface area (Å²) in [6.07, 6.45) is 3.61. The number of ether oxygens (including phenoxy) is 2. The van der Waals surface area contributed by atoms with Crippen molar-refractivity contribution in [1.82, 2.24) is 4.90 Å². The van der Waals surface area contributed by atoms with Crippen LogP contribution in [0.25, 0.3) is 0 Å². The topological polar surface area (TPSA) is 72.9 Å². The predicted molar refractivity (Wildman–Crippen MR) is 105 cm³/mol. The largest absolute Gasteiger partial charge is 0.465 e. The van der Waals surface area contributed by atoms with Crippen LogP contribution >= 0.6 is 35.7 Å². The number of nitrogens with zero attached hydrogens (tertiary/aromatic N) is 1. The molecular weight excluding hydrogens is 394 g/mol. The van der Waals surface area contributed by atoms with Crippen LogP contribution in [-0.2, 0) is 23.9 Å². The van der Waals surface area contributed by atoms with Crippen molar-refractivity contribution in [2.45, 2.75) is 37.7 Å². The van der Waals surface area contributed by atoms with E-state index in [4.69, 9.17) is 21.7 Å². The third-order valence-electron chi connectivity index (χ3n) is 4.64. The molecule has 142 valence electrons. The maximum atomic E-state index is 12.5. The van der Waals surface area contributed by atoms with Crippen LogP contribution in [0.15, 0.2) is 12.2 Å². The second-order valence-corrected chi connectivity index (χ2v) is 10.1. The van der Waals surface area contributed by atoms with E-state index in [0.29, 0.717) is 6.42 Å². The molecule has 0 radical (unpaired) electrons. The van der Waals surface area contributed by atoms with Crippen LogP contribution in [0.5, 0.6) is 0 Å². The summed E-state index contributed by atoms with van der Waals surface area (Å²) in [4.78, 5) is 38.2. The highest BCUT2D eigenvalue weighted by molar-refractivity contribution is 8.47. The van der Waals surface area contributed by atoms with Crippen molar-refractivity contribution in [3.63, 3.8) is 0 Å². The first-order valence-electron chi connectivity index (χ1n) is 8.63. The molecule has 2 saturated heterocycles. The number of amides is 2. The summed E-state index contributed by atoms with van der Waals surface area (Å²) in [5.41, 5.74) is 0. The molecule has 3 aliphatic heterocycles. The van der Waals surface area contributed by atoms with Crippen LogP contribution in [-0.4, -0.2) is 62.6 Å². The molecule has 0 N–H and O–H groups in total. The molecule has 5 atom stereocenters. The van der Waals surface area contributed by atoms with Crippen LogP contribution < -0.4 is 0 Å². The molecule has 0 aromatic heterocycles. The number of thioether (sulfide) groups is 2. The van der Waals surface area contributed by atoms with Gasteiger partial charge in [0, 0.05) is 6.54 Å². The van der Waals surface area contributed by atoms with Crippen molar-refractivity contribution in [2.75, 3.05) is 18.9 Å². The SMILES string of the molecule is CCSC(=S)SC(C)C(=O)OCCCN1C(=O)[C@@H]2[C@H]3C=CC(O3)[C@@H]2C1=O. The minimum Gasteiger partial charge on any atom is -0.465 e. The maximum absolute atomic E-state index is 12.5. The van der Waals surface area contributed by atoms with Crippen LogP contribution in [0.2, 0.25) is 0 Å². The third kappa shape index (κ3) is 3.85. The Hall–Kier alpha value is -0.900. The van der Waals surface area contributed by atoms with Gasteiger partial charge in [-0.1, -0.05) is 43.1 Å². The number of hydrogen-bond donors (Lipinski definition) is 0. The molecule has 3 rings (SSSR count). The maximum Gasteiger partial charge on any atom is 0.319 e. The Morgan fingerprint density at radius 2 is 1.92 bits per heavy atom. The molecule has 0 aromatic carbocycles. The van der Waals surface area contributed by atoms with Crippen molar-refractivity contribution in [3.05, 3.63) is 12.2 Å². The summed E-state index contributed by atoms with van der Waals surface area (Å²) in [6, 6.07) is 0. The van der Waals surface area contributed by atoms with E-state index in [1.165, 1.54) is 28.4 Å². The van der Waals surface area contributed by atoms with E-state index in [1.807, 2.05) is 19.1 Å². The number of imide groups is 1. The van der Waals surface area contributed by atoms with E-state index in [9.17, 15) is 14.4 Å². The third-order valence-corrected chi connectivity index (χ3v) is 7.19. The molecule has 0 aliphatic carbocycles. The highest BCUT2D eigenvalue weighted by atomic mass is 32.2. The lowest BCUT2D eigenvalue weighted by molar-refractivity contribution is -0.143. The minimum atomic E-state index is -0.381. The fraction of sp³-hybridized carbons (Fsp3) is 0.647. The Balaban J connectivity index is 1.40. The van der Waals surface area contributed by atoms with Gasteiger partial charge in [0.05, 0.1) is 30.7 Å². The van der Waals surface area contributed by atoms with E-state index in [-0.39, 0.29) is 60.2 Å². The van der Waals surface area contributed by atoms with Crippen LogP contribution in [0, 0.1) is 11.8 Å². The summed E-state index contributed by atoms with van der Waals surface area (Å²) in [5.74, 6) is -0.568. The van der Waals surface area contributed by atoms with E-state index in [0.717, 1.165) is 9.28 Å². The Kier molecular flexibility index (Phi) is 6.42. The first-order valence-corrected chi connectivity index (χ1v) is 10.9. The van der Waals surface area contributed by atoms with Gasteiger partial charge in [-0.15, -0.1) is 11.8 Å². The normalized spacial score (nSPS) is 30.0. The van der Waals surface area contributed by atoms with Crippen molar-refractivity contribution < 1.29 is 23.9 Å². The molecule has 3 aliphatic rings. The molecule has 2 fully saturated rings. The highest BCUT2D eigenvalue weighted by Gasteiger charge is 2.60. The van der Waals surface area contributed by atoms with Gasteiger partial charge in [0.1, 0.15) is 8.78 Å². The zero-order valence-corrected chi connectivity index (χ0v) is 17.0. The fourth-order valence-corrected chi connectivity index (χ4v) is 5.98. The van der Waals surface area contributed by atoms with Gasteiger partial charge in [0.15, 0.2) is 0 Å². The number of carbonyl (C=O) groups is 3. The van der Waals surface area contributed by atoms with E-state index < -0.39 is 0 Å².